The Hall–Kier alpha value is -2.64. The summed E-state index contributed by atoms with van der Waals surface area (Å²) in [6.45, 7) is 5.42. The molecule has 3 rings (SSSR count). The molecule has 0 bridgehead atoms. The van der Waals surface area contributed by atoms with Gasteiger partial charge in [0.1, 0.15) is 17.5 Å². The number of hydrogen-bond donors (Lipinski definition) is 1. The SMILES string of the molecule is Cc1nccc(N2CCN(C(=O)NCCc3nccn3C)CC2)n1. The lowest BCUT2D eigenvalue weighted by Crippen LogP contribution is -2.52. The zero-order valence-corrected chi connectivity index (χ0v) is 14.1. The van der Waals surface area contributed by atoms with E-state index in [1.807, 2.05) is 35.7 Å². The van der Waals surface area contributed by atoms with Gasteiger partial charge in [-0.25, -0.2) is 19.7 Å². The Morgan fingerprint density at radius 1 is 1.21 bits per heavy atom. The number of hydrogen-bond acceptors (Lipinski definition) is 5. The molecule has 0 aromatic carbocycles. The number of imidazole rings is 1. The van der Waals surface area contributed by atoms with Crippen molar-refractivity contribution in [3.8, 4) is 0 Å². The van der Waals surface area contributed by atoms with Crippen LogP contribution < -0.4 is 10.2 Å². The van der Waals surface area contributed by atoms with E-state index in [0.29, 0.717) is 19.6 Å². The number of amides is 2. The van der Waals surface area contributed by atoms with Gasteiger partial charge in [-0.1, -0.05) is 0 Å². The van der Waals surface area contributed by atoms with Gasteiger partial charge in [0.05, 0.1) is 0 Å². The third-order valence-electron chi connectivity index (χ3n) is 4.20. The quantitative estimate of drug-likeness (QED) is 0.888. The molecule has 1 saturated heterocycles. The minimum Gasteiger partial charge on any atom is -0.353 e. The molecule has 1 aliphatic heterocycles. The molecule has 24 heavy (non-hydrogen) atoms. The largest absolute Gasteiger partial charge is 0.353 e. The fourth-order valence-electron chi connectivity index (χ4n) is 2.79. The van der Waals surface area contributed by atoms with Crippen molar-refractivity contribution in [2.45, 2.75) is 13.3 Å². The molecule has 2 amide bonds. The number of anilines is 1. The highest BCUT2D eigenvalue weighted by atomic mass is 16.2. The third-order valence-corrected chi connectivity index (χ3v) is 4.20. The zero-order valence-electron chi connectivity index (χ0n) is 14.1. The number of nitrogens with one attached hydrogen (secondary N) is 1. The summed E-state index contributed by atoms with van der Waals surface area (Å²) in [4.78, 5) is 29.1. The average Bonchev–Trinajstić information content (AvgIpc) is 3.00. The molecule has 128 valence electrons. The highest BCUT2D eigenvalue weighted by Gasteiger charge is 2.21. The molecule has 0 atom stereocenters. The summed E-state index contributed by atoms with van der Waals surface area (Å²) in [6.07, 6.45) is 6.18. The summed E-state index contributed by atoms with van der Waals surface area (Å²) in [5.74, 6) is 2.67. The van der Waals surface area contributed by atoms with E-state index in [2.05, 4.69) is 25.2 Å². The molecule has 1 aliphatic rings. The molecule has 2 aromatic rings. The minimum atomic E-state index is -0.0114. The third kappa shape index (κ3) is 3.81. The van der Waals surface area contributed by atoms with Crippen molar-refractivity contribution >= 4 is 11.8 Å². The number of carbonyl (C=O) groups excluding carboxylic acids is 1. The molecule has 0 aliphatic carbocycles. The standard InChI is InChI=1S/C16H23N7O/c1-13-17-5-4-15(20-13)22-9-11-23(12-10-22)16(24)19-6-3-14-18-7-8-21(14)2/h4-5,7-8H,3,6,9-12H2,1-2H3,(H,19,24). The molecule has 0 saturated carbocycles. The molecule has 0 radical (unpaired) electrons. The molecule has 0 unspecified atom stereocenters. The van der Waals surface area contributed by atoms with Crippen LogP contribution in [0.5, 0.6) is 0 Å². The second kappa shape index (κ2) is 7.29. The Bertz CT molecular complexity index is 691. The molecular weight excluding hydrogens is 306 g/mol. The van der Waals surface area contributed by atoms with Crippen LogP contribution in [0.4, 0.5) is 10.6 Å². The van der Waals surface area contributed by atoms with Crippen LogP contribution in [0.25, 0.3) is 0 Å². The smallest absolute Gasteiger partial charge is 0.317 e. The molecule has 3 heterocycles. The van der Waals surface area contributed by atoms with E-state index in [9.17, 15) is 4.79 Å². The summed E-state index contributed by atoms with van der Waals surface area (Å²) in [6, 6.07) is 1.90. The Balaban J connectivity index is 1.44. The van der Waals surface area contributed by atoms with Gasteiger partial charge in [0.25, 0.3) is 0 Å². The van der Waals surface area contributed by atoms with Crippen molar-refractivity contribution in [1.29, 1.82) is 0 Å². The summed E-state index contributed by atoms with van der Waals surface area (Å²) in [5, 5.41) is 2.97. The number of nitrogens with zero attached hydrogens (tertiary/aromatic N) is 6. The molecule has 8 heteroatoms. The fraction of sp³-hybridized carbons (Fsp3) is 0.500. The molecular formula is C16H23N7O. The molecule has 8 nitrogen and oxygen atoms in total. The van der Waals surface area contributed by atoms with Gasteiger partial charge in [0, 0.05) is 64.8 Å². The predicted molar refractivity (Wildman–Crippen MR) is 90.9 cm³/mol. The van der Waals surface area contributed by atoms with Gasteiger partial charge in [0.2, 0.25) is 0 Å². The van der Waals surface area contributed by atoms with Gasteiger partial charge >= 0.3 is 6.03 Å². The van der Waals surface area contributed by atoms with E-state index in [-0.39, 0.29) is 6.03 Å². The lowest BCUT2D eigenvalue weighted by Gasteiger charge is -2.35. The Morgan fingerprint density at radius 2 is 2.00 bits per heavy atom. The first-order chi connectivity index (χ1) is 11.6. The van der Waals surface area contributed by atoms with Gasteiger partial charge in [-0.05, 0) is 13.0 Å². The zero-order chi connectivity index (χ0) is 16.9. The van der Waals surface area contributed by atoms with Gasteiger partial charge in [-0.15, -0.1) is 0 Å². The number of aryl methyl sites for hydroxylation is 2. The number of rotatable bonds is 4. The topological polar surface area (TPSA) is 79.2 Å². The lowest BCUT2D eigenvalue weighted by atomic mass is 10.3. The van der Waals surface area contributed by atoms with Crippen LogP contribution in [-0.4, -0.2) is 63.2 Å². The summed E-state index contributed by atoms with van der Waals surface area (Å²) in [7, 11) is 1.96. The summed E-state index contributed by atoms with van der Waals surface area (Å²) in [5.41, 5.74) is 0. The minimum absolute atomic E-state index is 0.0114. The maximum atomic E-state index is 12.3. The predicted octanol–water partition coefficient (Wildman–Crippen LogP) is 0.593. The van der Waals surface area contributed by atoms with Gasteiger partial charge in [0.15, 0.2) is 0 Å². The van der Waals surface area contributed by atoms with Crippen molar-refractivity contribution in [3.63, 3.8) is 0 Å². The fourth-order valence-corrected chi connectivity index (χ4v) is 2.79. The number of carbonyl (C=O) groups is 1. The highest BCUT2D eigenvalue weighted by Crippen LogP contribution is 2.13. The average molecular weight is 329 g/mol. The van der Waals surface area contributed by atoms with Crippen LogP contribution in [-0.2, 0) is 13.5 Å². The molecule has 0 spiro atoms. The second-order valence-electron chi connectivity index (χ2n) is 5.87. The first-order valence-corrected chi connectivity index (χ1v) is 8.17. The van der Waals surface area contributed by atoms with Crippen LogP contribution in [0.2, 0.25) is 0 Å². The Morgan fingerprint density at radius 3 is 2.67 bits per heavy atom. The molecule has 2 aromatic heterocycles. The summed E-state index contributed by atoms with van der Waals surface area (Å²) >= 11 is 0. The van der Waals surface area contributed by atoms with Crippen molar-refractivity contribution in [2.24, 2.45) is 7.05 Å². The van der Waals surface area contributed by atoms with E-state index in [4.69, 9.17) is 0 Å². The van der Waals surface area contributed by atoms with E-state index in [0.717, 1.165) is 37.0 Å². The first kappa shape index (κ1) is 16.2. The van der Waals surface area contributed by atoms with Crippen LogP contribution in [0, 0.1) is 6.92 Å². The van der Waals surface area contributed by atoms with E-state index in [1.54, 1.807) is 12.4 Å². The Labute approximate surface area is 141 Å². The number of piperazine rings is 1. The Kier molecular flexibility index (Phi) is 4.93. The first-order valence-electron chi connectivity index (χ1n) is 8.17. The van der Waals surface area contributed by atoms with E-state index < -0.39 is 0 Å². The van der Waals surface area contributed by atoms with Crippen LogP contribution in [0.15, 0.2) is 24.7 Å². The monoisotopic (exact) mass is 329 g/mol. The van der Waals surface area contributed by atoms with Crippen molar-refractivity contribution in [2.75, 3.05) is 37.6 Å². The van der Waals surface area contributed by atoms with Crippen LogP contribution in [0.1, 0.15) is 11.6 Å². The van der Waals surface area contributed by atoms with Crippen LogP contribution in [0.3, 0.4) is 0 Å². The maximum absolute atomic E-state index is 12.3. The van der Waals surface area contributed by atoms with E-state index in [1.165, 1.54) is 0 Å². The summed E-state index contributed by atoms with van der Waals surface area (Å²) < 4.78 is 1.97. The molecule has 1 fully saturated rings. The van der Waals surface area contributed by atoms with Crippen molar-refractivity contribution in [3.05, 3.63) is 36.3 Å². The van der Waals surface area contributed by atoms with E-state index >= 15 is 0 Å². The normalized spacial score (nSPS) is 14.8. The van der Waals surface area contributed by atoms with Gasteiger partial charge < -0.3 is 19.7 Å². The lowest BCUT2D eigenvalue weighted by molar-refractivity contribution is 0.194. The van der Waals surface area contributed by atoms with Gasteiger partial charge in [-0.2, -0.15) is 0 Å². The van der Waals surface area contributed by atoms with Crippen LogP contribution >= 0.6 is 0 Å². The van der Waals surface area contributed by atoms with Crippen molar-refractivity contribution < 1.29 is 4.79 Å². The highest BCUT2D eigenvalue weighted by molar-refractivity contribution is 5.74. The number of aromatic nitrogens is 4. The molecule has 1 N–H and O–H groups in total. The van der Waals surface area contributed by atoms with Crippen molar-refractivity contribution in [1.82, 2.24) is 29.7 Å². The maximum Gasteiger partial charge on any atom is 0.317 e. The second-order valence-corrected chi connectivity index (χ2v) is 5.87. The number of urea groups is 1. The van der Waals surface area contributed by atoms with Gasteiger partial charge in [-0.3, -0.25) is 0 Å².